The van der Waals surface area contributed by atoms with Gasteiger partial charge in [-0.15, -0.1) is 0 Å². The predicted molar refractivity (Wildman–Crippen MR) is 84.8 cm³/mol. The fourth-order valence-corrected chi connectivity index (χ4v) is 2.48. The van der Waals surface area contributed by atoms with Gasteiger partial charge in [0.15, 0.2) is 0 Å². The van der Waals surface area contributed by atoms with E-state index in [2.05, 4.69) is 20.8 Å². The molecule has 0 spiro atoms. The molecule has 0 aliphatic heterocycles. The third kappa shape index (κ3) is 14.1. The summed E-state index contributed by atoms with van der Waals surface area (Å²) in [6, 6.07) is 0. The van der Waals surface area contributed by atoms with E-state index in [9.17, 15) is 0 Å². The minimum absolute atomic E-state index is 0.841. The third-order valence-electron chi connectivity index (χ3n) is 4.04. The topological polar surface area (TPSA) is 0 Å². The first-order valence-corrected chi connectivity index (χ1v) is 8.60. The summed E-state index contributed by atoms with van der Waals surface area (Å²) >= 11 is 0. The van der Waals surface area contributed by atoms with E-state index in [0.717, 1.165) is 12.3 Å². The van der Waals surface area contributed by atoms with Crippen molar-refractivity contribution in [2.24, 2.45) is 5.92 Å². The molecule has 0 heteroatoms. The lowest BCUT2D eigenvalue weighted by Gasteiger charge is -2.07. The summed E-state index contributed by atoms with van der Waals surface area (Å²) in [6.45, 7) is 8.58. The standard InChI is InChI=1S/C18H37/c1-4-6-7-8-9-10-11-12-13-14-15-16-17-18(3)5-2/h18H,2,4-17H2,1,3H3. The van der Waals surface area contributed by atoms with Crippen LogP contribution in [0, 0.1) is 12.8 Å². The molecule has 0 saturated heterocycles. The first-order valence-electron chi connectivity index (χ1n) is 8.60. The molecule has 1 unspecified atom stereocenters. The molecule has 0 aliphatic rings. The van der Waals surface area contributed by atoms with E-state index in [-0.39, 0.29) is 0 Å². The molecule has 0 saturated carbocycles. The van der Waals surface area contributed by atoms with Gasteiger partial charge in [0.05, 0.1) is 0 Å². The maximum absolute atomic E-state index is 3.96. The van der Waals surface area contributed by atoms with Crippen LogP contribution in [0.2, 0.25) is 0 Å². The summed E-state index contributed by atoms with van der Waals surface area (Å²) < 4.78 is 0. The van der Waals surface area contributed by atoms with E-state index >= 15 is 0 Å². The summed E-state index contributed by atoms with van der Waals surface area (Å²) in [5.41, 5.74) is 0. The molecule has 0 aromatic heterocycles. The van der Waals surface area contributed by atoms with E-state index < -0.39 is 0 Å². The third-order valence-corrected chi connectivity index (χ3v) is 4.04. The van der Waals surface area contributed by atoms with Gasteiger partial charge in [-0.1, -0.05) is 111 Å². The average Bonchev–Trinajstić information content (AvgIpc) is 2.39. The van der Waals surface area contributed by atoms with Gasteiger partial charge in [0, 0.05) is 0 Å². The molecular formula is C18H37. The number of unbranched alkanes of at least 4 members (excludes halogenated alkanes) is 11. The fraction of sp³-hybridized carbons (Fsp3) is 0.944. The Morgan fingerprint density at radius 3 is 1.44 bits per heavy atom. The highest BCUT2D eigenvalue weighted by atomic mass is 14.0. The Hall–Kier alpha value is 0. The largest absolute Gasteiger partial charge is 0.0654 e. The average molecular weight is 253 g/mol. The van der Waals surface area contributed by atoms with Crippen LogP contribution in [0.25, 0.3) is 0 Å². The number of rotatable bonds is 14. The van der Waals surface area contributed by atoms with Crippen molar-refractivity contribution in [2.75, 3.05) is 0 Å². The summed E-state index contributed by atoms with van der Waals surface area (Å²) in [6.07, 6.45) is 19.9. The Morgan fingerprint density at radius 1 is 0.667 bits per heavy atom. The second kappa shape index (κ2) is 15.1. The highest BCUT2D eigenvalue weighted by molar-refractivity contribution is 4.55. The van der Waals surface area contributed by atoms with Crippen LogP contribution in [0.15, 0.2) is 0 Å². The zero-order valence-electron chi connectivity index (χ0n) is 13.2. The van der Waals surface area contributed by atoms with Crippen LogP contribution in [-0.4, -0.2) is 0 Å². The van der Waals surface area contributed by atoms with Crippen molar-refractivity contribution < 1.29 is 0 Å². The zero-order valence-corrected chi connectivity index (χ0v) is 13.2. The van der Waals surface area contributed by atoms with Gasteiger partial charge in [0.2, 0.25) is 0 Å². The number of hydrogen-bond donors (Lipinski definition) is 0. The van der Waals surface area contributed by atoms with Crippen LogP contribution in [0.1, 0.15) is 104 Å². The summed E-state index contributed by atoms with van der Waals surface area (Å²) in [7, 11) is 0. The lowest BCUT2D eigenvalue weighted by atomic mass is 9.99. The van der Waals surface area contributed by atoms with Crippen molar-refractivity contribution in [3.8, 4) is 0 Å². The first-order chi connectivity index (χ1) is 8.81. The second-order valence-corrected chi connectivity index (χ2v) is 6.07. The molecule has 1 atom stereocenters. The molecule has 0 aliphatic carbocycles. The normalized spacial score (nSPS) is 12.8. The Kier molecular flexibility index (Phi) is 15.1. The Labute approximate surface area is 117 Å². The van der Waals surface area contributed by atoms with Gasteiger partial charge in [-0.25, -0.2) is 0 Å². The lowest BCUT2D eigenvalue weighted by molar-refractivity contribution is 0.481. The smallest absolute Gasteiger partial charge is 0.0443 e. The van der Waals surface area contributed by atoms with Crippen LogP contribution in [0.4, 0.5) is 0 Å². The molecule has 0 aromatic carbocycles. The summed E-state index contributed by atoms with van der Waals surface area (Å²) in [5, 5.41) is 0. The molecule has 0 N–H and O–H groups in total. The lowest BCUT2D eigenvalue weighted by Crippen LogP contribution is -1.91. The maximum Gasteiger partial charge on any atom is -0.0443 e. The van der Waals surface area contributed by atoms with Gasteiger partial charge in [0.25, 0.3) is 0 Å². The van der Waals surface area contributed by atoms with Gasteiger partial charge in [-0.05, 0) is 5.92 Å². The van der Waals surface area contributed by atoms with Crippen LogP contribution in [-0.2, 0) is 0 Å². The molecule has 0 amide bonds. The maximum atomic E-state index is 3.96. The SMILES string of the molecule is [CH2]CC(C)CCCCCCCCCCCCCC. The molecule has 0 heterocycles. The summed E-state index contributed by atoms with van der Waals surface area (Å²) in [5.74, 6) is 0.841. The molecule has 1 radical (unpaired) electrons. The zero-order chi connectivity index (χ0) is 13.5. The first kappa shape index (κ1) is 18.0. The molecule has 18 heavy (non-hydrogen) atoms. The minimum Gasteiger partial charge on any atom is -0.0654 e. The van der Waals surface area contributed by atoms with E-state index in [1.807, 2.05) is 0 Å². The van der Waals surface area contributed by atoms with Gasteiger partial charge >= 0.3 is 0 Å². The highest BCUT2D eigenvalue weighted by Gasteiger charge is 1.98. The van der Waals surface area contributed by atoms with Crippen molar-refractivity contribution in [1.29, 1.82) is 0 Å². The number of hydrogen-bond acceptors (Lipinski definition) is 0. The molecule has 0 bridgehead atoms. The van der Waals surface area contributed by atoms with E-state index in [0.29, 0.717) is 0 Å². The van der Waals surface area contributed by atoms with E-state index in [1.54, 1.807) is 0 Å². The van der Waals surface area contributed by atoms with Crippen molar-refractivity contribution in [1.82, 2.24) is 0 Å². The minimum atomic E-state index is 0.841. The van der Waals surface area contributed by atoms with Crippen molar-refractivity contribution in [3.63, 3.8) is 0 Å². The Morgan fingerprint density at radius 2 is 1.06 bits per heavy atom. The van der Waals surface area contributed by atoms with Crippen molar-refractivity contribution in [2.45, 2.75) is 104 Å². The molecule has 0 rings (SSSR count). The van der Waals surface area contributed by atoms with Gasteiger partial charge in [-0.3, -0.25) is 0 Å². The second-order valence-electron chi connectivity index (χ2n) is 6.07. The van der Waals surface area contributed by atoms with Gasteiger partial charge in [-0.2, -0.15) is 0 Å². The van der Waals surface area contributed by atoms with Gasteiger partial charge < -0.3 is 0 Å². The molecule has 0 nitrogen and oxygen atoms in total. The fourth-order valence-electron chi connectivity index (χ4n) is 2.48. The Balaban J connectivity index is 2.94. The van der Waals surface area contributed by atoms with Crippen LogP contribution in [0.3, 0.4) is 0 Å². The van der Waals surface area contributed by atoms with Gasteiger partial charge in [0.1, 0.15) is 0 Å². The monoisotopic (exact) mass is 253 g/mol. The highest BCUT2D eigenvalue weighted by Crippen LogP contribution is 2.15. The van der Waals surface area contributed by atoms with Crippen LogP contribution in [0.5, 0.6) is 0 Å². The van der Waals surface area contributed by atoms with E-state index in [1.165, 1.54) is 83.5 Å². The Bertz CT molecular complexity index is 139. The molecule has 0 fully saturated rings. The molecule has 109 valence electrons. The van der Waals surface area contributed by atoms with Crippen LogP contribution < -0.4 is 0 Å². The predicted octanol–water partition coefficient (Wildman–Crippen LogP) is 6.94. The molecule has 0 aromatic rings. The van der Waals surface area contributed by atoms with E-state index in [4.69, 9.17) is 0 Å². The van der Waals surface area contributed by atoms with Crippen molar-refractivity contribution in [3.05, 3.63) is 6.92 Å². The van der Waals surface area contributed by atoms with Crippen LogP contribution >= 0.6 is 0 Å². The van der Waals surface area contributed by atoms with Crippen molar-refractivity contribution >= 4 is 0 Å². The summed E-state index contributed by atoms with van der Waals surface area (Å²) in [4.78, 5) is 0. The molecular weight excluding hydrogens is 216 g/mol. The quantitative estimate of drug-likeness (QED) is 0.294.